The van der Waals surface area contributed by atoms with Gasteiger partial charge in [-0.2, -0.15) is 0 Å². The van der Waals surface area contributed by atoms with E-state index in [9.17, 15) is 9.59 Å². The molecule has 3 nitrogen and oxygen atoms in total. The third-order valence-corrected chi connectivity index (χ3v) is 3.17. The first-order chi connectivity index (χ1) is 8.54. The monoisotopic (exact) mass is 312 g/mol. The second kappa shape index (κ2) is 7.31. The summed E-state index contributed by atoms with van der Waals surface area (Å²) < 4.78 is 5.82. The number of esters is 1. The zero-order valence-electron chi connectivity index (χ0n) is 10.6. The number of rotatable bonds is 6. The molecule has 0 spiro atoms. The highest BCUT2D eigenvalue weighted by molar-refractivity contribution is 9.10. The Kier molecular flexibility index (Phi) is 6.05. The first-order valence-electron chi connectivity index (χ1n) is 5.98. The molecule has 0 N–H and O–H groups in total. The van der Waals surface area contributed by atoms with Gasteiger partial charge in [-0.25, -0.2) is 0 Å². The molecule has 0 fully saturated rings. The number of aryl methyl sites for hydroxylation is 1. The first-order valence-corrected chi connectivity index (χ1v) is 6.77. The van der Waals surface area contributed by atoms with Crippen molar-refractivity contribution in [2.45, 2.75) is 26.7 Å². The predicted octanol–water partition coefficient (Wildman–Crippen LogP) is 3.15. The van der Waals surface area contributed by atoms with E-state index in [0.717, 1.165) is 10.0 Å². The van der Waals surface area contributed by atoms with Gasteiger partial charge >= 0.3 is 5.97 Å². The minimum Gasteiger partial charge on any atom is -0.465 e. The van der Waals surface area contributed by atoms with Gasteiger partial charge in [0.25, 0.3) is 0 Å². The highest BCUT2D eigenvalue weighted by atomic mass is 79.9. The van der Waals surface area contributed by atoms with E-state index in [-0.39, 0.29) is 5.78 Å². The third kappa shape index (κ3) is 4.61. The normalized spacial score (nSPS) is 11.9. The van der Waals surface area contributed by atoms with Gasteiger partial charge in [0.05, 0.1) is 6.61 Å². The van der Waals surface area contributed by atoms with Crippen molar-refractivity contribution in [3.05, 3.63) is 34.3 Å². The topological polar surface area (TPSA) is 43.4 Å². The summed E-state index contributed by atoms with van der Waals surface area (Å²) >= 11 is 3.38. The van der Waals surface area contributed by atoms with Crippen LogP contribution in [0.5, 0.6) is 0 Å². The molecule has 18 heavy (non-hydrogen) atoms. The summed E-state index contributed by atoms with van der Waals surface area (Å²) in [7, 11) is 0. The van der Waals surface area contributed by atoms with Crippen LogP contribution in [0.1, 0.15) is 25.8 Å². The molecule has 0 saturated carbocycles. The number of halogens is 1. The van der Waals surface area contributed by atoms with Crippen LogP contribution in [0.25, 0.3) is 0 Å². The van der Waals surface area contributed by atoms with Gasteiger partial charge in [0, 0.05) is 10.9 Å². The van der Waals surface area contributed by atoms with Crippen molar-refractivity contribution in [3.8, 4) is 0 Å². The smallest absolute Gasteiger partial charge is 0.316 e. The minimum absolute atomic E-state index is 0.0755. The van der Waals surface area contributed by atoms with E-state index >= 15 is 0 Å². The van der Waals surface area contributed by atoms with E-state index in [1.165, 1.54) is 0 Å². The number of ketones is 1. The highest BCUT2D eigenvalue weighted by Gasteiger charge is 2.21. The molecule has 0 amide bonds. The molecule has 0 aliphatic carbocycles. The molecule has 0 bridgehead atoms. The molecular weight excluding hydrogens is 296 g/mol. The molecule has 0 aliphatic rings. The van der Waals surface area contributed by atoms with Crippen LogP contribution in [0.3, 0.4) is 0 Å². The number of carbonyl (C=O) groups is 2. The second-order valence-corrected chi connectivity index (χ2v) is 4.99. The van der Waals surface area contributed by atoms with Crippen LogP contribution in [0, 0.1) is 5.92 Å². The van der Waals surface area contributed by atoms with Crippen LogP contribution in [-0.4, -0.2) is 18.4 Å². The quantitative estimate of drug-likeness (QED) is 0.598. The van der Waals surface area contributed by atoms with Gasteiger partial charge in [-0.15, -0.1) is 0 Å². The lowest BCUT2D eigenvalue weighted by Crippen LogP contribution is -2.23. The summed E-state index contributed by atoms with van der Waals surface area (Å²) in [5.41, 5.74) is 1.08. The summed E-state index contributed by atoms with van der Waals surface area (Å²) in [5, 5.41) is 0. The van der Waals surface area contributed by atoms with E-state index in [1.807, 2.05) is 24.3 Å². The molecule has 0 saturated heterocycles. The van der Waals surface area contributed by atoms with Gasteiger partial charge in [-0.3, -0.25) is 9.59 Å². The Labute approximate surface area is 116 Å². The average Bonchev–Trinajstić information content (AvgIpc) is 2.35. The summed E-state index contributed by atoms with van der Waals surface area (Å²) in [6, 6.07) is 7.81. The maximum atomic E-state index is 11.8. The van der Waals surface area contributed by atoms with Crippen LogP contribution < -0.4 is 0 Å². The number of Topliss-reactive ketones (excluding diaryl/α,β-unsaturated/α-hetero) is 1. The molecule has 4 heteroatoms. The fourth-order valence-corrected chi connectivity index (χ4v) is 2.02. The summed E-state index contributed by atoms with van der Waals surface area (Å²) in [4.78, 5) is 23.2. The van der Waals surface area contributed by atoms with E-state index in [0.29, 0.717) is 19.4 Å². The van der Waals surface area contributed by atoms with E-state index in [1.54, 1.807) is 13.8 Å². The number of hydrogen-bond donors (Lipinski definition) is 0. The Morgan fingerprint density at radius 2 is 2.11 bits per heavy atom. The van der Waals surface area contributed by atoms with Crippen molar-refractivity contribution in [1.82, 2.24) is 0 Å². The van der Waals surface area contributed by atoms with Crippen LogP contribution in [0.15, 0.2) is 28.7 Å². The third-order valence-electron chi connectivity index (χ3n) is 2.67. The molecule has 0 aromatic heterocycles. The Bertz CT molecular complexity index is 429. The predicted molar refractivity (Wildman–Crippen MR) is 73.3 cm³/mol. The van der Waals surface area contributed by atoms with Crippen molar-refractivity contribution >= 4 is 27.7 Å². The maximum Gasteiger partial charge on any atom is 0.316 e. The first kappa shape index (κ1) is 14.9. The van der Waals surface area contributed by atoms with Crippen LogP contribution in [-0.2, 0) is 20.7 Å². The SMILES string of the molecule is CCOC(=O)[C@H](C)C(=O)CCc1cccc(Br)c1. The van der Waals surface area contributed by atoms with E-state index in [2.05, 4.69) is 15.9 Å². The van der Waals surface area contributed by atoms with Crippen molar-refractivity contribution < 1.29 is 14.3 Å². The standard InChI is InChI=1S/C14H17BrO3/c1-3-18-14(17)10(2)13(16)8-7-11-5-4-6-12(15)9-11/h4-6,9-10H,3,7-8H2,1-2H3/t10-/m1/s1. The van der Waals surface area contributed by atoms with Gasteiger partial charge in [-0.1, -0.05) is 28.1 Å². The number of ether oxygens (including phenoxy) is 1. The number of benzene rings is 1. The van der Waals surface area contributed by atoms with Gasteiger partial charge in [0.2, 0.25) is 0 Å². The van der Waals surface area contributed by atoms with Gasteiger partial charge in [-0.05, 0) is 38.0 Å². The molecular formula is C14H17BrO3. The Morgan fingerprint density at radius 1 is 1.39 bits per heavy atom. The van der Waals surface area contributed by atoms with Crippen molar-refractivity contribution in [3.63, 3.8) is 0 Å². The van der Waals surface area contributed by atoms with Gasteiger partial charge < -0.3 is 4.74 Å². The van der Waals surface area contributed by atoms with Crippen LogP contribution in [0.4, 0.5) is 0 Å². The molecule has 1 rings (SSSR count). The largest absolute Gasteiger partial charge is 0.465 e. The Balaban J connectivity index is 2.48. The molecule has 1 aromatic rings. The number of hydrogen-bond acceptors (Lipinski definition) is 3. The lowest BCUT2D eigenvalue weighted by Gasteiger charge is -2.09. The van der Waals surface area contributed by atoms with Crippen molar-refractivity contribution in [1.29, 1.82) is 0 Å². The van der Waals surface area contributed by atoms with Crippen LogP contribution in [0.2, 0.25) is 0 Å². The fourth-order valence-electron chi connectivity index (χ4n) is 1.58. The summed E-state index contributed by atoms with van der Waals surface area (Å²) in [6.07, 6.45) is 0.998. The molecule has 98 valence electrons. The second-order valence-electron chi connectivity index (χ2n) is 4.07. The molecule has 0 heterocycles. The highest BCUT2D eigenvalue weighted by Crippen LogP contribution is 2.14. The Morgan fingerprint density at radius 3 is 2.72 bits per heavy atom. The van der Waals surface area contributed by atoms with Crippen molar-refractivity contribution in [2.24, 2.45) is 5.92 Å². The molecule has 0 radical (unpaired) electrons. The lowest BCUT2D eigenvalue weighted by atomic mass is 10.00. The zero-order valence-corrected chi connectivity index (χ0v) is 12.2. The van der Waals surface area contributed by atoms with E-state index in [4.69, 9.17) is 4.74 Å². The van der Waals surface area contributed by atoms with Crippen molar-refractivity contribution in [2.75, 3.05) is 6.61 Å². The summed E-state index contributed by atoms with van der Waals surface area (Å²) in [5.74, 6) is -1.18. The average molecular weight is 313 g/mol. The minimum atomic E-state index is -0.669. The van der Waals surface area contributed by atoms with Gasteiger partial charge in [0.15, 0.2) is 0 Å². The fraction of sp³-hybridized carbons (Fsp3) is 0.429. The molecule has 0 aliphatic heterocycles. The lowest BCUT2D eigenvalue weighted by molar-refractivity contribution is -0.150. The molecule has 1 aromatic carbocycles. The van der Waals surface area contributed by atoms with Crippen LogP contribution >= 0.6 is 15.9 Å². The van der Waals surface area contributed by atoms with E-state index < -0.39 is 11.9 Å². The molecule has 0 unspecified atom stereocenters. The molecule has 1 atom stereocenters. The number of carbonyl (C=O) groups excluding carboxylic acids is 2. The maximum absolute atomic E-state index is 11.8. The zero-order chi connectivity index (χ0) is 13.5. The summed E-state index contributed by atoms with van der Waals surface area (Å²) in [6.45, 7) is 3.64. The van der Waals surface area contributed by atoms with Gasteiger partial charge in [0.1, 0.15) is 11.7 Å². The Hall–Kier alpha value is -1.16.